The van der Waals surface area contributed by atoms with Gasteiger partial charge in [-0.25, -0.2) is 9.82 Å². The SMILES string of the molecule is COc1ccccc1C(NN)c1ccc(Cl)cc1F. The molecular formula is C14H14ClFN2O. The lowest BCUT2D eigenvalue weighted by molar-refractivity contribution is 0.403. The van der Waals surface area contributed by atoms with E-state index in [2.05, 4.69) is 5.43 Å². The second kappa shape index (κ2) is 6.02. The molecule has 0 fully saturated rings. The lowest BCUT2D eigenvalue weighted by Crippen LogP contribution is -2.29. The summed E-state index contributed by atoms with van der Waals surface area (Å²) in [6.07, 6.45) is 0. The molecule has 0 aliphatic heterocycles. The van der Waals surface area contributed by atoms with Crippen LogP contribution in [-0.2, 0) is 0 Å². The van der Waals surface area contributed by atoms with Crippen LogP contribution in [-0.4, -0.2) is 7.11 Å². The Kier molecular flexibility index (Phi) is 4.37. The number of methoxy groups -OCH3 is 1. The molecule has 0 radical (unpaired) electrons. The molecule has 0 bridgehead atoms. The molecular weight excluding hydrogens is 267 g/mol. The van der Waals surface area contributed by atoms with Crippen molar-refractivity contribution in [2.75, 3.05) is 7.11 Å². The molecule has 3 N–H and O–H groups in total. The van der Waals surface area contributed by atoms with Crippen LogP contribution in [0.15, 0.2) is 42.5 Å². The third-order valence-corrected chi connectivity index (χ3v) is 3.13. The average molecular weight is 281 g/mol. The van der Waals surface area contributed by atoms with E-state index in [9.17, 15) is 4.39 Å². The minimum atomic E-state index is -0.506. The molecule has 2 rings (SSSR count). The van der Waals surface area contributed by atoms with Crippen LogP contribution in [0.25, 0.3) is 0 Å². The van der Waals surface area contributed by atoms with Crippen molar-refractivity contribution in [3.8, 4) is 5.75 Å². The van der Waals surface area contributed by atoms with E-state index in [0.29, 0.717) is 16.3 Å². The van der Waals surface area contributed by atoms with Gasteiger partial charge in [-0.15, -0.1) is 0 Å². The highest BCUT2D eigenvalue weighted by atomic mass is 35.5. The molecule has 19 heavy (non-hydrogen) atoms. The number of para-hydroxylation sites is 1. The Morgan fingerprint density at radius 1 is 1.21 bits per heavy atom. The Morgan fingerprint density at radius 3 is 2.58 bits per heavy atom. The van der Waals surface area contributed by atoms with Crippen LogP contribution < -0.4 is 16.0 Å². The first-order valence-electron chi connectivity index (χ1n) is 5.71. The summed E-state index contributed by atoms with van der Waals surface area (Å²) in [7, 11) is 1.56. The van der Waals surface area contributed by atoms with Crippen molar-refractivity contribution in [1.29, 1.82) is 0 Å². The fourth-order valence-electron chi connectivity index (χ4n) is 1.99. The zero-order valence-electron chi connectivity index (χ0n) is 10.4. The molecule has 100 valence electrons. The van der Waals surface area contributed by atoms with Crippen molar-refractivity contribution in [2.24, 2.45) is 5.84 Å². The van der Waals surface area contributed by atoms with Crippen LogP contribution in [0.5, 0.6) is 5.75 Å². The Morgan fingerprint density at radius 2 is 1.95 bits per heavy atom. The number of nitrogens with two attached hydrogens (primary N) is 1. The smallest absolute Gasteiger partial charge is 0.129 e. The summed E-state index contributed by atoms with van der Waals surface area (Å²) in [5, 5.41) is 0.344. The fourth-order valence-corrected chi connectivity index (χ4v) is 2.15. The van der Waals surface area contributed by atoms with Gasteiger partial charge < -0.3 is 4.74 Å². The van der Waals surface area contributed by atoms with Crippen LogP contribution in [0.2, 0.25) is 5.02 Å². The van der Waals surface area contributed by atoms with E-state index in [0.717, 1.165) is 5.56 Å². The number of rotatable bonds is 4. The molecule has 1 unspecified atom stereocenters. The summed E-state index contributed by atoms with van der Waals surface area (Å²) < 4.78 is 19.3. The van der Waals surface area contributed by atoms with Gasteiger partial charge in [-0.1, -0.05) is 35.9 Å². The molecule has 0 heterocycles. The first-order chi connectivity index (χ1) is 9.17. The maximum absolute atomic E-state index is 14.0. The minimum absolute atomic E-state index is 0.344. The van der Waals surface area contributed by atoms with Crippen molar-refractivity contribution in [3.63, 3.8) is 0 Å². The molecule has 0 saturated carbocycles. The zero-order chi connectivity index (χ0) is 13.8. The van der Waals surface area contributed by atoms with Gasteiger partial charge in [-0.05, 0) is 18.2 Å². The summed E-state index contributed by atoms with van der Waals surface area (Å²) in [4.78, 5) is 0. The molecule has 5 heteroatoms. The predicted molar refractivity (Wildman–Crippen MR) is 73.6 cm³/mol. The maximum atomic E-state index is 14.0. The molecule has 0 aliphatic carbocycles. The summed E-state index contributed by atoms with van der Waals surface area (Å²) in [5.74, 6) is 5.79. The molecule has 3 nitrogen and oxygen atoms in total. The normalized spacial score (nSPS) is 12.2. The standard InChI is InChI=1S/C14H14ClFN2O/c1-19-13-5-3-2-4-11(13)14(18-17)10-7-6-9(15)8-12(10)16/h2-8,14,18H,17H2,1H3. The summed E-state index contributed by atoms with van der Waals surface area (Å²) >= 11 is 5.75. The Balaban J connectivity index is 2.50. The second-order valence-corrected chi connectivity index (χ2v) is 4.44. The maximum Gasteiger partial charge on any atom is 0.129 e. The summed E-state index contributed by atoms with van der Waals surface area (Å²) in [6, 6.07) is 11.3. The van der Waals surface area contributed by atoms with E-state index >= 15 is 0 Å². The van der Waals surface area contributed by atoms with E-state index in [4.69, 9.17) is 22.2 Å². The van der Waals surface area contributed by atoms with Crippen LogP contribution in [0, 0.1) is 5.82 Å². The largest absolute Gasteiger partial charge is 0.496 e. The van der Waals surface area contributed by atoms with E-state index in [1.165, 1.54) is 6.07 Å². The van der Waals surface area contributed by atoms with Crippen molar-refractivity contribution >= 4 is 11.6 Å². The number of hydrogen-bond donors (Lipinski definition) is 2. The van der Waals surface area contributed by atoms with Crippen LogP contribution in [0.3, 0.4) is 0 Å². The quantitative estimate of drug-likeness (QED) is 0.668. The number of hydrazine groups is 1. The van der Waals surface area contributed by atoms with Crippen LogP contribution in [0.1, 0.15) is 17.2 Å². The van der Waals surface area contributed by atoms with Crippen LogP contribution in [0.4, 0.5) is 4.39 Å². The van der Waals surface area contributed by atoms with Gasteiger partial charge in [0.05, 0.1) is 13.2 Å². The third-order valence-electron chi connectivity index (χ3n) is 2.89. The van der Waals surface area contributed by atoms with Crippen LogP contribution >= 0.6 is 11.6 Å². The van der Waals surface area contributed by atoms with Gasteiger partial charge in [0.25, 0.3) is 0 Å². The lowest BCUT2D eigenvalue weighted by Gasteiger charge is -2.20. The first-order valence-corrected chi connectivity index (χ1v) is 6.09. The van der Waals surface area contributed by atoms with Crippen molar-refractivity contribution in [3.05, 3.63) is 64.4 Å². The number of nitrogens with one attached hydrogen (secondary N) is 1. The highest BCUT2D eigenvalue weighted by Gasteiger charge is 2.19. The Bertz CT molecular complexity index is 577. The highest BCUT2D eigenvalue weighted by Crippen LogP contribution is 2.31. The minimum Gasteiger partial charge on any atom is -0.496 e. The number of ether oxygens (including phenoxy) is 1. The van der Waals surface area contributed by atoms with E-state index in [1.807, 2.05) is 18.2 Å². The molecule has 0 spiro atoms. The fraction of sp³-hybridized carbons (Fsp3) is 0.143. The molecule has 1 atom stereocenters. The highest BCUT2D eigenvalue weighted by molar-refractivity contribution is 6.30. The van der Waals surface area contributed by atoms with E-state index in [1.54, 1.807) is 25.3 Å². The first kappa shape index (κ1) is 13.8. The molecule has 0 saturated heterocycles. The van der Waals surface area contributed by atoms with E-state index in [-0.39, 0.29) is 0 Å². The van der Waals surface area contributed by atoms with Gasteiger partial charge in [0.2, 0.25) is 0 Å². The van der Waals surface area contributed by atoms with Gasteiger partial charge in [0, 0.05) is 16.1 Å². The Hall–Kier alpha value is -1.62. The van der Waals surface area contributed by atoms with Gasteiger partial charge >= 0.3 is 0 Å². The Labute approximate surface area is 116 Å². The number of benzene rings is 2. The summed E-state index contributed by atoms with van der Waals surface area (Å²) in [5.41, 5.74) is 3.78. The van der Waals surface area contributed by atoms with Gasteiger partial charge in [0.1, 0.15) is 11.6 Å². The van der Waals surface area contributed by atoms with Crippen molar-refractivity contribution in [2.45, 2.75) is 6.04 Å². The predicted octanol–water partition coefficient (Wildman–Crippen LogP) is 3.04. The number of hydrogen-bond acceptors (Lipinski definition) is 3. The van der Waals surface area contributed by atoms with Gasteiger partial charge in [-0.3, -0.25) is 5.84 Å². The molecule has 0 aromatic heterocycles. The molecule has 0 aliphatic rings. The van der Waals surface area contributed by atoms with Crippen molar-refractivity contribution < 1.29 is 9.13 Å². The molecule has 2 aromatic carbocycles. The lowest BCUT2D eigenvalue weighted by atomic mass is 9.98. The monoisotopic (exact) mass is 280 g/mol. The molecule has 0 amide bonds. The topological polar surface area (TPSA) is 47.3 Å². The third kappa shape index (κ3) is 2.87. The molecule has 2 aromatic rings. The zero-order valence-corrected chi connectivity index (χ0v) is 11.1. The average Bonchev–Trinajstić information content (AvgIpc) is 2.42. The summed E-state index contributed by atoms with van der Waals surface area (Å²) in [6.45, 7) is 0. The number of halogens is 2. The van der Waals surface area contributed by atoms with Gasteiger partial charge in [-0.2, -0.15) is 0 Å². The van der Waals surface area contributed by atoms with Gasteiger partial charge in [0.15, 0.2) is 0 Å². The second-order valence-electron chi connectivity index (χ2n) is 4.01. The van der Waals surface area contributed by atoms with E-state index < -0.39 is 11.9 Å². The van der Waals surface area contributed by atoms with Crippen molar-refractivity contribution in [1.82, 2.24) is 5.43 Å².